The van der Waals surface area contributed by atoms with Crippen molar-refractivity contribution in [1.82, 2.24) is 0 Å². The SMILES string of the molecule is Cc1cccc(C#N)c1S(=O)(=O)CCCl. The molecule has 5 heteroatoms. The third-order valence-corrected chi connectivity index (χ3v) is 4.31. The summed E-state index contributed by atoms with van der Waals surface area (Å²) in [6.07, 6.45) is 0. The Kier molecular flexibility index (Phi) is 3.72. The summed E-state index contributed by atoms with van der Waals surface area (Å²) in [5.41, 5.74) is 0.763. The van der Waals surface area contributed by atoms with Gasteiger partial charge in [-0.15, -0.1) is 11.6 Å². The Bertz CT molecular complexity index is 503. The summed E-state index contributed by atoms with van der Waals surface area (Å²) in [5, 5.41) is 8.83. The summed E-state index contributed by atoms with van der Waals surface area (Å²) in [7, 11) is -3.44. The quantitative estimate of drug-likeness (QED) is 0.762. The van der Waals surface area contributed by atoms with Crippen molar-refractivity contribution in [3.05, 3.63) is 29.3 Å². The first-order valence-electron chi connectivity index (χ1n) is 4.31. The molecule has 3 nitrogen and oxygen atoms in total. The smallest absolute Gasteiger partial charge is 0.181 e. The minimum absolute atomic E-state index is 0.0293. The number of alkyl halides is 1. The number of nitrogens with zero attached hydrogens (tertiary/aromatic N) is 1. The van der Waals surface area contributed by atoms with E-state index < -0.39 is 9.84 Å². The topological polar surface area (TPSA) is 57.9 Å². The number of hydrogen-bond acceptors (Lipinski definition) is 3. The van der Waals surface area contributed by atoms with Gasteiger partial charge in [-0.1, -0.05) is 12.1 Å². The zero-order chi connectivity index (χ0) is 11.5. The number of hydrogen-bond donors (Lipinski definition) is 0. The lowest BCUT2D eigenvalue weighted by atomic mass is 10.1. The van der Waals surface area contributed by atoms with Crippen molar-refractivity contribution in [2.24, 2.45) is 0 Å². The molecule has 0 spiro atoms. The van der Waals surface area contributed by atoms with Crippen LogP contribution in [0.25, 0.3) is 0 Å². The second-order valence-electron chi connectivity index (χ2n) is 3.07. The van der Waals surface area contributed by atoms with Gasteiger partial charge in [0.1, 0.15) is 6.07 Å². The number of rotatable bonds is 3. The van der Waals surface area contributed by atoms with Crippen molar-refractivity contribution < 1.29 is 8.42 Å². The monoisotopic (exact) mass is 243 g/mol. The van der Waals surface area contributed by atoms with Crippen LogP contribution < -0.4 is 0 Å². The number of aryl methyl sites for hydroxylation is 1. The highest BCUT2D eigenvalue weighted by molar-refractivity contribution is 7.91. The van der Waals surface area contributed by atoms with Crippen LogP contribution in [0.5, 0.6) is 0 Å². The molecule has 0 saturated carbocycles. The number of nitriles is 1. The molecule has 15 heavy (non-hydrogen) atoms. The van der Waals surface area contributed by atoms with Crippen molar-refractivity contribution in [2.45, 2.75) is 11.8 Å². The number of halogens is 1. The van der Waals surface area contributed by atoms with Gasteiger partial charge in [0.25, 0.3) is 0 Å². The summed E-state index contributed by atoms with van der Waals surface area (Å²) in [6.45, 7) is 1.67. The minimum Gasteiger partial charge on any atom is -0.224 e. The Morgan fingerprint density at radius 1 is 1.47 bits per heavy atom. The lowest BCUT2D eigenvalue weighted by Crippen LogP contribution is -2.11. The van der Waals surface area contributed by atoms with Gasteiger partial charge in [0.05, 0.1) is 16.2 Å². The van der Waals surface area contributed by atoms with Gasteiger partial charge in [0.15, 0.2) is 9.84 Å². The van der Waals surface area contributed by atoms with E-state index in [-0.39, 0.29) is 22.1 Å². The molecule has 0 aliphatic rings. The molecular weight excluding hydrogens is 234 g/mol. The van der Waals surface area contributed by atoms with Crippen LogP contribution in [-0.4, -0.2) is 20.1 Å². The highest BCUT2D eigenvalue weighted by Crippen LogP contribution is 2.21. The number of sulfone groups is 1. The van der Waals surface area contributed by atoms with E-state index in [9.17, 15) is 8.42 Å². The van der Waals surface area contributed by atoms with Crippen molar-refractivity contribution in [1.29, 1.82) is 5.26 Å². The third-order valence-electron chi connectivity index (χ3n) is 1.99. The Morgan fingerprint density at radius 3 is 2.67 bits per heavy atom. The van der Waals surface area contributed by atoms with Crippen molar-refractivity contribution >= 4 is 21.4 Å². The number of benzene rings is 1. The third kappa shape index (κ3) is 2.49. The molecule has 1 aromatic rings. The van der Waals surface area contributed by atoms with Crippen LogP contribution in [0.4, 0.5) is 0 Å². The van der Waals surface area contributed by atoms with Crippen LogP contribution in [0, 0.1) is 18.3 Å². The molecule has 0 amide bonds. The Balaban J connectivity index is 3.44. The van der Waals surface area contributed by atoms with Crippen LogP contribution in [0.2, 0.25) is 0 Å². The second kappa shape index (κ2) is 4.65. The summed E-state index contributed by atoms with van der Waals surface area (Å²) >= 11 is 5.42. The van der Waals surface area contributed by atoms with Crippen molar-refractivity contribution in [2.75, 3.05) is 11.6 Å². The van der Waals surface area contributed by atoms with E-state index in [1.807, 2.05) is 6.07 Å². The highest BCUT2D eigenvalue weighted by atomic mass is 35.5. The van der Waals surface area contributed by atoms with Gasteiger partial charge in [-0.3, -0.25) is 0 Å². The van der Waals surface area contributed by atoms with E-state index in [0.29, 0.717) is 5.56 Å². The molecule has 0 N–H and O–H groups in total. The van der Waals surface area contributed by atoms with Crippen LogP contribution in [0.15, 0.2) is 23.1 Å². The van der Waals surface area contributed by atoms with E-state index >= 15 is 0 Å². The summed E-state index contributed by atoms with van der Waals surface area (Å²) in [4.78, 5) is 0.105. The van der Waals surface area contributed by atoms with Crippen LogP contribution >= 0.6 is 11.6 Å². The maximum absolute atomic E-state index is 11.8. The predicted octanol–water partition coefficient (Wildman–Crippen LogP) is 1.88. The molecule has 0 heterocycles. The van der Waals surface area contributed by atoms with Gasteiger partial charge >= 0.3 is 0 Å². The highest BCUT2D eigenvalue weighted by Gasteiger charge is 2.20. The van der Waals surface area contributed by atoms with Gasteiger partial charge in [0, 0.05) is 5.88 Å². The molecule has 0 radical (unpaired) electrons. The maximum atomic E-state index is 11.8. The lowest BCUT2D eigenvalue weighted by molar-refractivity contribution is 0.596. The van der Waals surface area contributed by atoms with Gasteiger partial charge in [-0.05, 0) is 18.6 Å². The Labute approximate surface area is 94.2 Å². The fourth-order valence-electron chi connectivity index (χ4n) is 1.36. The predicted molar refractivity (Wildman–Crippen MR) is 58.7 cm³/mol. The first-order chi connectivity index (χ1) is 7.03. The van der Waals surface area contributed by atoms with Gasteiger partial charge < -0.3 is 0 Å². The molecule has 80 valence electrons. The van der Waals surface area contributed by atoms with Gasteiger partial charge in [0.2, 0.25) is 0 Å². The van der Waals surface area contributed by atoms with Crippen LogP contribution in [0.1, 0.15) is 11.1 Å². The molecule has 0 aliphatic heterocycles. The molecule has 1 aromatic carbocycles. The molecule has 0 unspecified atom stereocenters. The van der Waals surface area contributed by atoms with Gasteiger partial charge in [-0.2, -0.15) is 5.26 Å². The maximum Gasteiger partial charge on any atom is 0.181 e. The van der Waals surface area contributed by atoms with E-state index in [0.717, 1.165) is 0 Å². The molecule has 1 rings (SSSR count). The fourth-order valence-corrected chi connectivity index (χ4v) is 3.38. The molecule has 0 aliphatic carbocycles. The van der Waals surface area contributed by atoms with E-state index in [4.69, 9.17) is 16.9 Å². The second-order valence-corrected chi connectivity index (χ2v) is 5.50. The average molecular weight is 244 g/mol. The first-order valence-corrected chi connectivity index (χ1v) is 6.50. The normalized spacial score (nSPS) is 11.0. The molecule has 0 aromatic heterocycles. The van der Waals surface area contributed by atoms with Gasteiger partial charge in [-0.25, -0.2) is 8.42 Å². The summed E-state index contributed by atoms with van der Waals surface area (Å²) in [6, 6.07) is 6.70. The Hall–Kier alpha value is -1.05. The first kappa shape index (κ1) is 12.0. The Morgan fingerprint density at radius 2 is 2.13 bits per heavy atom. The zero-order valence-corrected chi connectivity index (χ0v) is 9.77. The van der Waals surface area contributed by atoms with E-state index in [1.54, 1.807) is 19.1 Å². The van der Waals surface area contributed by atoms with Crippen molar-refractivity contribution in [3.8, 4) is 6.07 Å². The summed E-state index contributed by atoms with van der Waals surface area (Å²) in [5.74, 6) is -0.115. The van der Waals surface area contributed by atoms with E-state index in [1.165, 1.54) is 6.07 Å². The molecule has 0 saturated heterocycles. The van der Waals surface area contributed by atoms with Crippen LogP contribution in [0.3, 0.4) is 0 Å². The fraction of sp³-hybridized carbons (Fsp3) is 0.300. The van der Waals surface area contributed by atoms with Crippen LogP contribution in [-0.2, 0) is 9.84 Å². The lowest BCUT2D eigenvalue weighted by Gasteiger charge is -2.07. The molecule has 0 bridgehead atoms. The standard InChI is InChI=1S/C10H10ClNO2S/c1-8-3-2-4-9(7-12)10(8)15(13,14)6-5-11/h2-4H,5-6H2,1H3. The van der Waals surface area contributed by atoms with Crippen molar-refractivity contribution in [3.63, 3.8) is 0 Å². The average Bonchev–Trinajstić information content (AvgIpc) is 2.16. The molecule has 0 fully saturated rings. The minimum atomic E-state index is -3.44. The summed E-state index contributed by atoms with van der Waals surface area (Å²) < 4.78 is 23.6. The zero-order valence-electron chi connectivity index (χ0n) is 8.20. The molecular formula is C10H10ClNO2S. The molecule has 0 atom stereocenters. The van der Waals surface area contributed by atoms with E-state index in [2.05, 4.69) is 0 Å². The largest absolute Gasteiger partial charge is 0.224 e.